The summed E-state index contributed by atoms with van der Waals surface area (Å²) in [5.74, 6) is -0.0804. The molecule has 10 heteroatoms. The Hall–Kier alpha value is -3.76. The Labute approximate surface area is 213 Å². The molecule has 2 aliphatic heterocycles. The van der Waals surface area contributed by atoms with Crippen LogP contribution in [-0.2, 0) is 14.3 Å². The van der Waals surface area contributed by atoms with Gasteiger partial charge in [0, 0.05) is 30.0 Å². The lowest BCUT2D eigenvalue weighted by molar-refractivity contribution is -0.127. The summed E-state index contributed by atoms with van der Waals surface area (Å²) < 4.78 is 16.4. The van der Waals surface area contributed by atoms with Gasteiger partial charge in [-0.1, -0.05) is 24.8 Å². The highest BCUT2D eigenvalue weighted by Gasteiger charge is 2.36. The first-order valence-corrected chi connectivity index (χ1v) is 12.2. The van der Waals surface area contributed by atoms with Gasteiger partial charge in [0.25, 0.3) is 11.1 Å². The lowest BCUT2D eigenvalue weighted by atomic mass is 10.1. The molecule has 0 saturated carbocycles. The van der Waals surface area contributed by atoms with Crippen LogP contribution in [0.15, 0.2) is 60.0 Å². The van der Waals surface area contributed by atoms with Crippen molar-refractivity contribution in [3.8, 4) is 11.5 Å². The van der Waals surface area contributed by atoms with Crippen molar-refractivity contribution in [3.05, 3.63) is 65.6 Å². The molecule has 2 aromatic rings. The first kappa shape index (κ1) is 25.3. The number of carbonyl (C=O) groups excluding carboxylic acids is 3. The highest BCUT2D eigenvalue weighted by molar-refractivity contribution is 8.18. The number of carbonyl (C=O) groups is 3. The third kappa shape index (κ3) is 5.89. The van der Waals surface area contributed by atoms with Crippen LogP contribution >= 0.6 is 11.8 Å². The van der Waals surface area contributed by atoms with Crippen LogP contribution in [0.25, 0.3) is 6.08 Å². The standard InChI is InChI=1S/C26H27N3O6S/c1-3-13-35-24-18(5-4-6-21(24)33-2)16-22-25(31)29(26(32)36-22)17-23(30)27-19-7-9-20(10-8-19)28-11-14-34-15-12-28/h3-10,16H,1,11-15,17H2,2H3,(H,27,30)/b22-16-. The lowest BCUT2D eigenvalue weighted by Crippen LogP contribution is -2.36. The maximum atomic E-state index is 12.9. The monoisotopic (exact) mass is 509 g/mol. The van der Waals surface area contributed by atoms with E-state index in [9.17, 15) is 14.4 Å². The molecule has 0 aromatic heterocycles. The van der Waals surface area contributed by atoms with Crippen LogP contribution < -0.4 is 19.7 Å². The van der Waals surface area contributed by atoms with Gasteiger partial charge in [0.2, 0.25) is 5.91 Å². The van der Waals surface area contributed by atoms with Crippen molar-refractivity contribution < 1.29 is 28.6 Å². The minimum Gasteiger partial charge on any atom is -0.493 e. The van der Waals surface area contributed by atoms with Crippen molar-refractivity contribution >= 4 is 46.3 Å². The highest BCUT2D eigenvalue weighted by atomic mass is 32.2. The van der Waals surface area contributed by atoms with E-state index in [2.05, 4.69) is 16.8 Å². The minimum atomic E-state index is -0.541. The Kier molecular flexibility index (Phi) is 8.29. The first-order chi connectivity index (χ1) is 17.5. The summed E-state index contributed by atoms with van der Waals surface area (Å²) in [7, 11) is 1.52. The molecule has 2 saturated heterocycles. The van der Waals surface area contributed by atoms with Crippen molar-refractivity contribution in [3.63, 3.8) is 0 Å². The number of thioether (sulfide) groups is 1. The van der Waals surface area contributed by atoms with Crippen molar-refractivity contribution in [2.45, 2.75) is 0 Å². The van der Waals surface area contributed by atoms with Crippen LogP contribution in [0.1, 0.15) is 5.56 Å². The predicted molar refractivity (Wildman–Crippen MR) is 139 cm³/mol. The Balaban J connectivity index is 1.42. The maximum Gasteiger partial charge on any atom is 0.294 e. The number of nitrogens with one attached hydrogen (secondary N) is 1. The molecule has 4 rings (SSSR count). The molecule has 0 spiro atoms. The zero-order chi connectivity index (χ0) is 25.5. The highest BCUT2D eigenvalue weighted by Crippen LogP contribution is 2.37. The van der Waals surface area contributed by atoms with Crippen LogP contribution in [0.2, 0.25) is 0 Å². The maximum absolute atomic E-state index is 12.9. The van der Waals surface area contributed by atoms with Gasteiger partial charge in [0.15, 0.2) is 11.5 Å². The molecule has 0 radical (unpaired) electrons. The smallest absolute Gasteiger partial charge is 0.294 e. The molecule has 36 heavy (non-hydrogen) atoms. The molecule has 3 amide bonds. The molecule has 188 valence electrons. The van der Waals surface area contributed by atoms with E-state index in [-0.39, 0.29) is 18.1 Å². The van der Waals surface area contributed by atoms with E-state index >= 15 is 0 Å². The van der Waals surface area contributed by atoms with Gasteiger partial charge < -0.3 is 24.4 Å². The summed E-state index contributed by atoms with van der Waals surface area (Å²) in [6.45, 7) is 6.51. The number of ether oxygens (including phenoxy) is 3. The zero-order valence-corrected chi connectivity index (χ0v) is 20.7. The quantitative estimate of drug-likeness (QED) is 0.403. The van der Waals surface area contributed by atoms with Crippen LogP contribution in [0, 0.1) is 0 Å². The van der Waals surface area contributed by atoms with Gasteiger partial charge in [-0.15, -0.1) is 0 Å². The number of para-hydroxylation sites is 1. The average Bonchev–Trinajstić information content (AvgIpc) is 3.16. The van der Waals surface area contributed by atoms with E-state index < -0.39 is 17.1 Å². The molecular weight excluding hydrogens is 482 g/mol. The number of nitrogens with zero attached hydrogens (tertiary/aromatic N) is 2. The second kappa shape index (κ2) is 11.8. The number of imide groups is 1. The predicted octanol–water partition coefficient (Wildman–Crippen LogP) is 3.77. The van der Waals surface area contributed by atoms with Gasteiger partial charge in [-0.25, -0.2) is 0 Å². The Morgan fingerprint density at radius 3 is 2.61 bits per heavy atom. The summed E-state index contributed by atoms with van der Waals surface area (Å²) in [5.41, 5.74) is 2.20. The Morgan fingerprint density at radius 1 is 1.17 bits per heavy atom. The fraction of sp³-hybridized carbons (Fsp3) is 0.269. The van der Waals surface area contributed by atoms with E-state index in [1.807, 2.05) is 12.1 Å². The van der Waals surface area contributed by atoms with E-state index in [1.165, 1.54) is 7.11 Å². The van der Waals surface area contributed by atoms with Gasteiger partial charge in [0.1, 0.15) is 13.2 Å². The van der Waals surface area contributed by atoms with Crippen molar-refractivity contribution in [2.24, 2.45) is 0 Å². The largest absolute Gasteiger partial charge is 0.493 e. The molecule has 1 N–H and O–H groups in total. The minimum absolute atomic E-state index is 0.194. The average molecular weight is 510 g/mol. The summed E-state index contributed by atoms with van der Waals surface area (Å²) in [4.78, 5) is 41.4. The summed E-state index contributed by atoms with van der Waals surface area (Å²) in [6.07, 6.45) is 3.16. The van der Waals surface area contributed by atoms with Crippen molar-refractivity contribution in [1.82, 2.24) is 4.90 Å². The molecular formula is C26H27N3O6S. The molecule has 0 aliphatic carbocycles. The Bertz CT molecular complexity index is 1170. The zero-order valence-electron chi connectivity index (χ0n) is 19.9. The second-order valence-electron chi connectivity index (χ2n) is 7.94. The fourth-order valence-corrected chi connectivity index (χ4v) is 4.63. The number of rotatable bonds is 9. The molecule has 2 aliphatic rings. The van der Waals surface area contributed by atoms with Gasteiger partial charge in [0.05, 0.1) is 25.2 Å². The molecule has 9 nitrogen and oxygen atoms in total. The number of hydrogen-bond donors (Lipinski definition) is 1. The number of amides is 3. The first-order valence-electron chi connectivity index (χ1n) is 11.4. The summed E-state index contributed by atoms with van der Waals surface area (Å²) >= 11 is 0.775. The van der Waals surface area contributed by atoms with Crippen LogP contribution in [0.3, 0.4) is 0 Å². The molecule has 2 aromatic carbocycles. The molecule has 0 bridgehead atoms. The number of morpholine rings is 1. The number of benzene rings is 2. The van der Waals surface area contributed by atoms with Crippen LogP contribution in [-0.4, -0.2) is 68.5 Å². The molecule has 0 atom stereocenters. The van der Waals surface area contributed by atoms with E-state index in [1.54, 1.807) is 42.5 Å². The SMILES string of the molecule is C=CCOc1c(/C=C2\SC(=O)N(CC(=O)Nc3ccc(N4CCOCC4)cc3)C2=O)cccc1OC. The number of methoxy groups -OCH3 is 1. The van der Waals surface area contributed by atoms with Gasteiger partial charge >= 0.3 is 0 Å². The van der Waals surface area contributed by atoms with Crippen molar-refractivity contribution in [1.29, 1.82) is 0 Å². The molecule has 2 fully saturated rings. The molecule has 2 heterocycles. The van der Waals surface area contributed by atoms with E-state index in [4.69, 9.17) is 14.2 Å². The van der Waals surface area contributed by atoms with E-state index in [0.29, 0.717) is 36.0 Å². The van der Waals surface area contributed by atoms with Gasteiger partial charge in [-0.3, -0.25) is 19.3 Å². The second-order valence-corrected chi connectivity index (χ2v) is 8.93. The Morgan fingerprint density at radius 2 is 1.92 bits per heavy atom. The van der Waals surface area contributed by atoms with Gasteiger partial charge in [-0.05, 0) is 48.2 Å². The van der Waals surface area contributed by atoms with Crippen molar-refractivity contribution in [2.75, 3.05) is 56.8 Å². The lowest BCUT2D eigenvalue weighted by Gasteiger charge is -2.28. The summed E-state index contributed by atoms with van der Waals surface area (Å²) in [5, 5.41) is 2.24. The third-order valence-electron chi connectivity index (χ3n) is 5.56. The summed E-state index contributed by atoms with van der Waals surface area (Å²) in [6, 6.07) is 12.7. The molecule has 0 unspecified atom stereocenters. The van der Waals surface area contributed by atoms with E-state index in [0.717, 1.165) is 35.4 Å². The number of hydrogen-bond acceptors (Lipinski definition) is 8. The third-order valence-corrected chi connectivity index (χ3v) is 6.47. The fourth-order valence-electron chi connectivity index (χ4n) is 3.80. The van der Waals surface area contributed by atoms with Crippen LogP contribution in [0.5, 0.6) is 11.5 Å². The van der Waals surface area contributed by atoms with Gasteiger partial charge in [-0.2, -0.15) is 0 Å². The van der Waals surface area contributed by atoms with Crippen LogP contribution in [0.4, 0.5) is 16.2 Å². The number of anilines is 2. The normalized spacial score (nSPS) is 16.9. The topological polar surface area (TPSA) is 97.4 Å².